The maximum atomic E-state index is 12.6. The first kappa shape index (κ1) is 26.5. The summed E-state index contributed by atoms with van der Waals surface area (Å²) in [4.78, 5) is 15.9. The highest BCUT2D eigenvalue weighted by Crippen LogP contribution is 2.29. The van der Waals surface area contributed by atoms with Gasteiger partial charge in [0.25, 0.3) is 0 Å². The number of carbonyl (C=O) groups excluding carboxylic acids is 1. The van der Waals surface area contributed by atoms with Gasteiger partial charge in [-0.1, -0.05) is 12.1 Å². The molecule has 0 saturated carbocycles. The molecule has 1 unspecified atom stereocenters. The minimum Gasteiger partial charge on any atom is -0.356 e. The second kappa shape index (κ2) is 11.7. The number of nitrogens with one attached hydrogen (secondary N) is 3. The van der Waals surface area contributed by atoms with Crippen LogP contribution in [-0.2, 0) is 27.2 Å². The van der Waals surface area contributed by atoms with Crippen molar-refractivity contribution >= 4 is 45.7 Å². The molecule has 1 heterocycles. The van der Waals surface area contributed by atoms with Gasteiger partial charge < -0.3 is 16.0 Å². The molecule has 1 aliphatic rings. The van der Waals surface area contributed by atoms with Crippen LogP contribution in [0.15, 0.2) is 29.3 Å². The fourth-order valence-electron chi connectivity index (χ4n) is 2.91. The van der Waals surface area contributed by atoms with Gasteiger partial charge >= 0.3 is 6.18 Å². The zero-order valence-electron chi connectivity index (χ0n) is 16.5. The van der Waals surface area contributed by atoms with Gasteiger partial charge in [0.2, 0.25) is 5.91 Å². The first-order valence-corrected chi connectivity index (χ1v) is 11.0. The highest BCUT2D eigenvalue weighted by molar-refractivity contribution is 14.0. The Bertz CT molecular complexity index is 830. The normalized spacial score (nSPS) is 18.4. The molecule has 1 fully saturated rings. The van der Waals surface area contributed by atoms with Gasteiger partial charge in [0, 0.05) is 32.6 Å². The summed E-state index contributed by atoms with van der Waals surface area (Å²) in [6, 6.07) is 4.66. The summed E-state index contributed by atoms with van der Waals surface area (Å²) < 4.78 is 60.4. The molecule has 3 N–H and O–H groups in total. The molecule has 0 spiro atoms. The Labute approximate surface area is 191 Å². The van der Waals surface area contributed by atoms with Gasteiger partial charge in [-0.2, -0.15) is 13.2 Å². The topological polar surface area (TPSA) is 99.7 Å². The zero-order valence-corrected chi connectivity index (χ0v) is 19.6. The Morgan fingerprint density at radius 2 is 1.80 bits per heavy atom. The van der Waals surface area contributed by atoms with E-state index >= 15 is 0 Å². The van der Waals surface area contributed by atoms with E-state index in [1.165, 1.54) is 12.1 Å². The van der Waals surface area contributed by atoms with E-state index in [0.717, 1.165) is 17.7 Å². The first-order chi connectivity index (χ1) is 13.6. The van der Waals surface area contributed by atoms with E-state index in [2.05, 4.69) is 20.9 Å². The van der Waals surface area contributed by atoms with Crippen LogP contribution in [0.1, 0.15) is 24.0 Å². The van der Waals surface area contributed by atoms with E-state index in [9.17, 15) is 26.4 Å². The Morgan fingerprint density at radius 1 is 1.17 bits per heavy atom. The maximum absolute atomic E-state index is 12.6. The lowest BCUT2D eigenvalue weighted by atomic mass is 10.1. The lowest BCUT2D eigenvalue weighted by Gasteiger charge is -2.14. The molecule has 0 radical (unpaired) electrons. The molecule has 1 amide bonds. The SMILES string of the molecule is CN=C(NCCC(=O)NC1CCS(=O)(=O)C1)NCCc1ccc(C(F)(F)F)cc1.I. The molecule has 1 aromatic rings. The predicted octanol–water partition coefficient (Wildman–Crippen LogP) is 1.72. The van der Waals surface area contributed by atoms with E-state index in [4.69, 9.17) is 0 Å². The number of rotatable bonds is 7. The van der Waals surface area contributed by atoms with Gasteiger partial charge in [-0.15, -0.1) is 24.0 Å². The molecule has 12 heteroatoms. The third-order valence-electron chi connectivity index (χ3n) is 4.45. The third-order valence-corrected chi connectivity index (χ3v) is 6.22. The quantitative estimate of drug-likeness (QED) is 0.267. The number of hydrogen-bond donors (Lipinski definition) is 3. The number of halogens is 4. The van der Waals surface area contributed by atoms with Crippen molar-refractivity contribution in [1.29, 1.82) is 0 Å². The zero-order chi connectivity index (χ0) is 21.5. The smallest absolute Gasteiger partial charge is 0.356 e. The molecule has 0 aliphatic carbocycles. The molecule has 30 heavy (non-hydrogen) atoms. The van der Waals surface area contributed by atoms with Crippen molar-refractivity contribution in [2.45, 2.75) is 31.5 Å². The lowest BCUT2D eigenvalue weighted by molar-refractivity contribution is -0.137. The average Bonchev–Trinajstić information content (AvgIpc) is 2.98. The van der Waals surface area contributed by atoms with Gasteiger partial charge in [0.1, 0.15) is 0 Å². The minimum atomic E-state index is -4.35. The molecule has 2 rings (SSSR count). The summed E-state index contributed by atoms with van der Waals surface area (Å²) in [5.74, 6) is 0.318. The van der Waals surface area contributed by atoms with E-state index in [1.54, 1.807) is 7.05 Å². The largest absolute Gasteiger partial charge is 0.416 e. The van der Waals surface area contributed by atoms with Crippen LogP contribution in [-0.4, -0.2) is 58.0 Å². The van der Waals surface area contributed by atoms with E-state index < -0.39 is 21.6 Å². The van der Waals surface area contributed by atoms with E-state index in [-0.39, 0.29) is 53.9 Å². The van der Waals surface area contributed by atoms with Gasteiger partial charge in [0.05, 0.1) is 17.1 Å². The van der Waals surface area contributed by atoms with Gasteiger partial charge in [-0.3, -0.25) is 9.79 Å². The summed E-state index contributed by atoms with van der Waals surface area (Å²) >= 11 is 0. The number of sulfone groups is 1. The fourth-order valence-corrected chi connectivity index (χ4v) is 4.58. The van der Waals surface area contributed by atoms with Crippen molar-refractivity contribution in [2.75, 3.05) is 31.6 Å². The molecular weight excluding hydrogens is 536 g/mol. The van der Waals surface area contributed by atoms with Crippen LogP contribution in [0.4, 0.5) is 13.2 Å². The molecule has 0 bridgehead atoms. The molecule has 1 aromatic carbocycles. The molecule has 1 saturated heterocycles. The van der Waals surface area contributed by atoms with Crippen LogP contribution in [0, 0.1) is 0 Å². The van der Waals surface area contributed by atoms with Gasteiger partial charge in [0.15, 0.2) is 15.8 Å². The van der Waals surface area contributed by atoms with Gasteiger partial charge in [-0.05, 0) is 30.5 Å². The molecular formula is C18H26F3IN4O3S. The van der Waals surface area contributed by atoms with Crippen LogP contribution in [0.5, 0.6) is 0 Å². The summed E-state index contributed by atoms with van der Waals surface area (Å²) in [5, 5.41) is 8.70. The Balaban J connectivity index is 0.00000450. The number of carbonyl (C=O) groups is 1. The Morgan fingerprint density at radius 3 is 2.33 bits per heavy atom. The molecule has 1 aliphatic heterocycles. The molecule has 0 aromatic heterocycles. The predicted molar refractivity (Wildman–Crippen MR) is 120 cm³/mol. The Kier molecular flexibility index (Phi) is 10.3. The standard InChI is InChI=1S/C18H25F3N4O3S.HI/c1-22-17(23-9-6-13-2-4-14(5-3-13)18(19,20)21)24-10-7-16(26)25-15-8-11-29(27,28)12-15;/h2-5,15H,6-12H2,1H3,(H,25,26)(H2,22,23,24);1H. The van der Waals surface area contributed by atoms with Crippen LogP contribution in [0.25, 0.3) is 0 Å². The van der Waals surface area contributed by atoms with Crippen molar-refractivity contribution in [3.8, 4) is 0 Å². The van der Waals surface area contributed by atoms with Crippen molar-refractivity contribution < 1.29 is 26.4 Å². The first-order valence-electron chi connectivity index (χ1n) is 9.19. The summed E-state index contributed by atoms with van der Waals surface area (Å²) in [6.45, 7) is 0.766. The molecule has 170 valence electrons. The van der Waals surface area contributed by atoms with Crippen molar-refractivity contribution in [3.05, 3.63) is 35.4 Å². The van der Waals surface area contributed by atoms with Crippen LogP contribution in [0.3, 0.4) is 0 Å². The Hall–Kier alpha value is -1.57. The number of alkyl halides is 3. The van der Waals surface area contributed by atoms with E-state index in [0.29, 0.717) is 31.9 Å². The second-order valence-electron chi connectivity index (χ2n) is 6.79. The van der Waals surface area contributed by atoms with Gasteiger partial charge in [-0.25, -0.2) is 8.42 Å². The van der Waals surface area contributed by atoms with Crippen LogP contribution in [0.2, 0.25) is 0 Å². The fraction of sp³-hybridized carbons (Fsp3) is 0.556. The third kappa shape index (κ3) is 9.06. The van der Waals surface area contributed by atoms with Crippen molar-refractivity contribution in [1.82, 2.24) is 16.0 Å². The number of benzene rings is 1. The monoisotopic (exact) mass is 562 g/mol. The summed E-state index contributed by atoms with van der Waals surface area (Å²) in [7, 11) is -1.47. The number of guanidine groups is 1. The van der Waals surface area contributed by atoms with Crippen molar-refractivity contribution in [3.63, 3.8) is 0 Å². The number of hydrogen-bond acceptors (Lipinski definition) is 4. The second-order valence-corrected chi connectivity index (χ2v) is 9.02. The van der Waals surface area contributed by atoms with Crippen molar-refractivity contribution in [2.24, 2.45) is 4.99 Å². The molecule has 1 atom stereocenters. The summed E-state index contributed by atoms with van der Waals surface area (Å²) in [5.41, 5.74) is 0.0759. The van der Waals surface area contributed by atoms with Crippen LogP contribution >= 0.6 is 24.0 Å². The number of aliphatic imine (C=N–C) groups is 1. The number of amides is 1. The minimum absolute atomic E-state index is 0. The highest BCUT2D eigenvalue weighted by Gasteiger charge is 2.30. The summed E-state index contributed by atoms with van der Waals surface area (Å²) in [6.07, 6.45) is -3.23. The molecule has 7 nitrogen and oxygen atoms in total. The highest BCUT2D eigenvalue weighted by atomic mass is 127. The lowest BCUT2D eigenvalue weighted by Crippen LogP contribution is -2.41. The number of nitrogens with zero attached hydrogens (tertiary/aromatic N) is 1. The van der Waals surface area contributed by atoms with E-state index in [1.807, 2.05) is 0 Å². The maximum Gasteiger partial charge on any atom is 0.416 e. The average molecular weight is 562 g/mol. The van der Waals surface area contributed by atoms with Crippen LogP contribution < -0.4 is 16.0 Å².